The minimum atomic E-state index is -5.41. The molecule has 3 aromatic rings. The van der Waals surface area contributed by atoms with Gasteiger partial charge in [0.15, 0.2) is 17.3 Å². The highest BCUT2D eigenvalue weighted by atomic mass is 79.9. The highest BCUT2D eigenvalue weighted by molar-refractivity contribution is 9.10. The van der Waals surface area contributed by atoms with E-state index in [-0.39, 0.29) is 30.6 Å². The lowest BCUT2D eigenvalue weighted by molar-refractivity contribution is -0.228. The molecule has 1 N–H and O–H groups in total. The van der Waals surface area contributed by atoms with Crippen molar-refractivity contribution in [1.29, 1.82) is 0 Å². The van der Waals surface area contributed by atoms with E-state index < -0.39 is 63.1 Å². The fourth-order valence-corrected chi connectivity index (χ4v) is 4.64. The van der Waals surface area contributed by atoms with E-state index >= 15 is 4.39 Å². The maximum absolute atomic E-state index is 15.9. The normalized spacial score (nSPS) is 14.5. The fraction of sp³-hybridized carbons (Fsp3) is 0.276. The molecule has 226 valence electrons. The van der Waals surface area contributed by atoms with Gasteiger partial charge in [-0.1, -0.05) is 30.3 Å². The Bertz CT molecular complexity index is 1580. The third-order valence-corrected chi connectivity index (χ3v) is 7.35. The summed E-state index contributed by atoms with van der Waals surface area (Å²) < 4.78 is 100. The average Bonchev–Trinajstić information content (AvgIpc) is 3.76. The third-order valence-electron chi connectivity index (χ3n) is 6.72. The number of rotatable bonds is 9. The molecule has 1 atom stereocenters. The van der Waals surface area contributed by atoms with Crippen molar-refractivity contribution in [2.75, 3.05) is 16.8 Å². The first kappa shape index (κ1) is 31.8. The van der Waals surface area contributed by atoms with Gasteiger partial charge in [0.2, 0.25) is 5.67 Å². The zero-order valence-electron chi connectivity index (χ0n) is 22.1. The van der Waals surface area contributed by atoms with Gasteiger partial charge in [0.25, 0.3) is 11.8 Å². The number of hydrogen-bond donors (Lipinski definition) is 1. The van der Waals surface area contributed by atoms with E-state index in [1.165, 1.54) is 36.4 Å². The van der Waals surface area contributed by atoms with Gasteiger partial charge >= 0.3 is 12.8 Å². The van der Waals surface area contributed by atoms with Crippen LogP contribution in [0.15, 0.2) is 59.1 Å². The molecule has 0 aromatic heterocycles. The van der Waals surface area contributed by atoms with Crippen LogP contribution in [0.4, 0.5) is 47.8 Å². The number of nitrogens with one attached hydrogen (secondary N) is 1. The van der Waals surface area contributed by atoms with Crippen LogP contribution in [-0.2, 0) is 5.67 Å². The molecule has 2 amide bonds. The first-order valence-corrected chi connectivity index (χ1v) is 13.4. The van der Waals surface area contributed by atoms with Crippen molar-refractivity contribution < 1.29 is 45.1 Å². The summed E-state index contributed by atoms with van der Waals surface area (Å²) in [5, 5.41) is 2.13. The second kappa shape index (κ2) is 12.2. The number of anilines is 2. The number of amides is 2. The van der Waals surface area contributed by atoms with E-state index in [4.69, 9.17) is 6.57 Å². The number of halogens is 8. The van der Waals surface area contributed by atoms with Crippen LogP contribution in [0.2, 0.25) is 0 Å². The van der Waals surface area contributed by atoms with E-state index in [1.807, 2.05) is 0 Å². The molecule has 6 nitrogen and oxygen atoms in total. The Morgan fingerprint density at radius 1 is 1.12 bits per heavy atom. The smallest absolute Gasteiger partial charge is 0.426 e. The van der Waals surface area contributed by atoms with E-state index in [0.29, 0.717) is 17.8 Å². The van der Waals surface area contributed by atoms with Gasteiger partial charge in [-0.05, 0) is 65.9 Å². The molecule has 0 radical (unpaired) electrons. The van der Waals surface area contributed by atoms with Crippen molar-refractivity contribution in [2.45, 2.75) is 38.2 Å². The quantitative estimate of drug-likeness (QED) is 0.183. The SMILES string of the molecule is [C-]#[N+]c1ccc(C(=O)N(CC2CC2)c2cccc(C(=O)Nc3c(Br)cc(C(C)(F)C(F)(F)F)cc3OC(F)F)c2F)cc1. The summed E-state index contributed by atoms with van der Waals surface area (Å²) in [6, 6.07) is 10.3. The first-order chi connectivity index (χ1) is 20.1. The Kier molecular flexibility index (Phi) is 9.05. The van der Waals surface area contributed by atoms with E-state index in [9.17, 15) is 35.9 Å². The number of nitrogens with zero attached hydrogens (tertiary/aromatic N) is 2. The average molecular weight is 672 g/mol. The zero-order chi connectivity index (χ0) is 31.7. The molecule has 43 heavy (non-hydrogen) atoms. The molecule has 0 bridgehead atoms. The topological polar surface area (TPSA) is 63.0 Å². The first-order valence-electron chi connectivity index (χ1n) is 12.6. The van der Waals surface area contributed by atoms with Gasteiger partial charge in [0.05, 0.1) is 23.5 Å². The maximum Gasteiger partial charge on any atom is 0.426 e. The molecule has 0 heterocycles. The molecular formula is C29H21BrF7N3O3. The molecule has 4 rings (SSSR count). The third kappa shape index (κ3) is 6.93. The predicted octanol–water partition coefficient (Wildman–Crippen LogP) is 8.80. The van der Waals surface area contributed by atoms with Crippen molar-refractivity contribution in [3.05, 3.63) is 93.0 Å². The molecule has 1 saturated carbocycles. The number of carbonyl (C=O) groups is 2. The number of benzene rings is 3. The molecule has 0 saturated heterocycles. The maximum atomic E-state index is 15.9. The number of alkyl halides is 6. The van der Waals surface area contributed by atoms with Crippen LogP contribution in [0, 0.1) is 18.3 Å². The van der Waals surface area contributed by atoms with Crippen LogP contribution in [0.5, 0.6) is 5.75 Å². The summed E-state index contributed by atoms with van der Waals surface area (Å²) in [6.07, 6.45) is -3.82. The van der Waals surface area contributed by atoms with E-state index in [0.717, 1.165) is 23.8 Å². The predicted molar refractivity (Wildman–Crippen MR) is 147 cm³/mol. The van der Waals surface area contributed by atoms with Crippen LogP contribution in [0.25, 0.3) is 4.85 Å². The molecule has 1 aliphatic rings. The molecule has 0 aliphatic heterocycles. The summed E-state index contributed by atoms with van der Waals surface area (Å²) in [5.74, 6) is -3.87. The Hall–Kier alpha value is -4.12. The van der Waals surface area contributed by atoms with Crippen molar-refractivity contribution in [1.82, 2.24) is 0 Å². The van der Waals surface area contributed by atoms with Gasteiger partial charge in [-0.25, -0.2) is 13.6 Å². The summed E-state index contributed by atoms with van der Waals surface area (Å²) in [6.45, 7) is 3.82. The lowest BCUT2D eigenvalue weighted by Crippen LogP contribution is -2.35. The molecule has 1 unspecified atom stereocenters. The standard InChI is InChI=1S/C29H21BrF7N3O3/c1-28(34,29(35,36)37)17-12-20(30)24(22(13-17)43-27(32)33)39-25(41)19-4-3-5-21(23(19)31)40(14-15-6-7-15)26(42)16-8-10-18(38-2)11-9-16/h3-5,8-13,15,27H,6-7,14H2,1H3,(H,39,41). The largest absolute Gasteiger partial charge is 0.433 e. The van der Waals surface area contributed by atoms with Crippen LogP contribution in [0.3, 0.4) is 0 Å². The van der Waals surface area contributed by atoms with Crippen LogP contribution in [-0.4, -0.2) is 31.1 Å². The van der Waals surface area contributed by atoms with Crippen molar-refractivity contribution in [3.8, 4) is 5.75 Å². The highest BCUT2D eigenvalue weighted by Crippen LogP contribution is 2.46. The Labute approximate surface area is 249 Å². The van der Waals surface area contributed by atoms with E-state index in [1.54, 1.807) is 0 Å². The summed E-state index contributed by atoms with van der Waals surface area (Å²) in [4.78, 5) is 31.0. The molecule has 1 fully saturated rings. The van der Waals surface area contributed by atoms with Gasteiger partial charge in [-0.3, -0.25) is 9.59 Å². The fourth-order valence-electron chi connectivity index (χ4n) is 4.09. The van der Waals surface area contributed by atoms with Crippen molar-refractivity contribution >= 4 is 44.8 Å². The Morgan fingerprint density at radius 2 is 1.77 bits per heavy atom. The van der Waals surface area contributed by atoms with Gasteiger partial charge in [-0.15, -0.1) is 0 Å². The van der Waals surface area contributed by atoms with Crippen LogP contribution >= 0.6 is 15.9 Å². The Morgan fingerprint density at radius 3 is 2.33 bits per heavy atom. The van der Waals surface area contributed by atoms with Crippen molar-refractivity contribution in [2.24, 2.45) is 5.92 Å². The lowest BCUT2D eigenvalue weighted by atomic mass is 9.96. The second-order valence-corrected chi connectivity index (χ2v) is 10.7. The molecule has 3 aromatic carbocycles. The summed E-state index contributed by atoms with van der Waals surface area (Å²) in [5.41, 5.74) is -6.09. The number of ether oxygens (including phenoxy) is 1. The minimum Gasteiger partial charge on any atom is -0.433 e. The van der Waals surface area contributed by atoms with Gasteiger partial charge in [-0.2, -0.15) is 22.0 Å². The van der Waals surface area contributed by atoms with Gasteiger partial charge in [0.1, 0.15) is 0 Å². The van der Waals surface area contributed by atoms with Crippen LogP contribution < -0.4 is 15.0 Å². The molecule has 0 spiro atoms. The van der Waals surface area contributed by atoms with Gasteiger partial charge < -0.3 is 15.0 Å². The molecular weight excluding hydrogens is 651 g/mol. The summed E-state index contributed by atoms with van der Waals surface area (Å²) in [7, 11) is 0. The number of carbonyl (C=O) groups excluding carboxylic acids is 2. The van der Waals surface area contributed by atoms with Crippen LogP contribution in [0.1, 0.15) is 46.0 Å². The van der Waals surface area contributed by atoms with Gasteiger partial charge in [0, 0.05) is 22.1 Å². The minimum absolute atomic E-state index is 0.0877. The summed E-state index contributed by atoms with van der Waals surface area (Å²) >= 11 is 2.85. The Balaban J connectivity index is 1.70. The monoisotopic (exact) mass is 671 g/mol. The second-order valence-electron chi connectivity index (χ2n) is 9.82. The molecule has 1 aliphatic carbocycles. The van der Waals surface area contributed by atoms with E-state index in [2.05, 4.69) is 30.8 Å². The lowest BCUT2D eigenvalue weighted by Gasteiger charge is -2.26. The zero-order valence-corrected chi connectivity index (χ0v) is 23.7. The highest BCUT2D eigenvalue weighted by Gasteiger charge is 2.54. The number of hydrogen-bond acceptors (Lipinski definition) is 3. The molecule has 14 heteroatoms. The van der Waals surface area contributed by atoms with Crippen molar-refractivity contribution in [3.63, 3.8) is 0 Å².